The number of pyridine rings is 1. The summed E-state index contributed by atoms with van der Waals surface area (Å²) in [5, 5.41) is 7.06. The molecule has 1 aromatic rings. The predicted octanol–water partition coefficient (Wildman–Crippen LogP) is 3.50. The zero-order valence-electron chi connectivity index (χ0n) is 12.7. The van der Waals surface area contributed by atoms with Crippen molar-refractivity contribution < 1.29 is 0 Å². The number of hydrogen-bond acceptors (Lipinski definition) is 3. The number of hydrogen-bond donors (Lipinski definition) is 2. The van der Waals surface area contributed by atoms with E-state index in [9.17, 15) is 0 Å². The van der Waals surface area contributed by atoms with E-state index >= 15 is 0 Å². The Labute approximate surface area is 117 Å². The quantitative estimate of drug-likeness (QED) is 0.823. The Morgan fingerprint density at radius 3 is 2.58 bits per heavy atom. The van der Waals surface area contributed by atoms with E-state index in [0.717, 1.165) is 25.2 Å². The molecule has 106 valence electrons. The molecule has 1 aliphatic rings. The van der Waals surface area contributed by atoms with E-state index in [4.69, 9.17) is 4.98 Å². The first-order chi connectivity index (χ1) is 8.96. The van der Waals surface area contributed by atoms with Crippen molar-refractivity contribution in [2.24, 2.45) is 0 Å². The minimum absolute atomic E-state index is 0.151. The lowest BCUT2D eigenvalue weighted by molar-refractivity contribution is 0.424. The van der Waals surface area contributed by atoms with E-state index in [0.29, 0.717) is 6.04 Å². The van der Waals surface area contributed by atoms with Crippen molar-refractivity contribution in [3.05, 3.63) is 23.4 Å². The van der Waals surface area contributed by atoms with Gasteiger partial charge in [-0.3, -0.25) is 0 Å². The van der Waals surface area contributed by atoms with E-state index in [1.165, 1.54) is 24.1 Å². The fourth-order valence-corrected chi connectivity index (χ4v) is 2.01. The van der Waals surface area contributed by atoms with Gasteiger partial charge < -0.3 is 10.6 Å². The molecule has 0 amide bonds. The Kier molecular flexibility index (Phi) is 4.46. The highest BCUT2D eigenvalue weighted by Gasteiger charge is 2.21. The third-order valence-electron chi connectivity index (χ3n) is 3.20. The molecule has 1 saturated carbocycles. The van der Waals surface area contributed by atoms with Crippen LogP contribution in [0.2, 0.25) is 0 Å². The molecule has 0 bridgehead atoms. The minimum atomic E-state index is 0.151. The Balaban J connectivity index is 2.08. The van der Waals surface area contributed by atoms with Gasteiger partial charge >= 0.3 is 0 Å². The molecule has 0 aliphatic heterocycles. The molecule has 0 aromatic carbocycles. The average Bonchev–Trinajstić information content (AvgIpc) is 3.10. The summed E-state index contributed by atoms with van der Waals surface area (Å²) in [5.74, 6) is 1.05. The molecule has 2 rings (SSSR count). The molecule has 0 atom stereocenters. The molecule has 2 N–H and O–H groups in total. The molecule has 0 spiro atoms. The maximum atomic E-state index is 4.71. The maximum Gasteiger partial charge on any atom is 0.126 e. The Morgan fingerprint density at radius 2 is 2.00 bits per heavy atom. The summed E-state index contributed by atoms with van der Waals surface area (Å²) in [7, 11) is 0. The summed E-state index contributed by atoms with van der Waals surface area (Å²) in [4.78, 5) is 4.71. The number of anilines is 1. The first-order valence-electron chi connectivity index (χ1n) is 7.47. The van der Waals surface area contributed by atoms with Crippen LogP contribution in [0.4, 0.5) is 5.82 Å². The van der Waals surface area contributed by atoms with Crippen molar-refractivity contribution in [1.29, 1.82) is 0 Å². The summed E-state index contributed by atoms with van der Waals surface area (Å²) >= 11 is 0. The topological polar surface area (TPSA) is 37.0 Å². The lowest BCUT2D eigenvalue weighted by Gasteiger charge is -2.21. The SMILES string of the molecule is CCCc1cc(CNC(C)(C)C)cc(NC2CC2)n1. The van der Waals surface area contributed by atoms with Crippen molar-refractivity contribution >= 4 is 5.82 Å². The molecule has 1 heterocycles. The zero-order valence-corrected chi connectivity index (χ0v) is 12.7. The normalized spacial score (nSPS) is 15.6. The van der Waals surface area contributed by atoms with Crippen LogP contribution in [0.5, 0.6) is 0 Å². The fourth-order valence-electron chi connectivity index (χ4n) is 2.01. The molecule has 1 aromatic heterocycles. The second-order valence-corrected chi connectivity index (χ2v) is 6.62. The second-order valence-electron chi connectivity index (χ2n) is 6.62. The monoisotopic (exact) mass is 261 g/mol. The average molecular weight is 261 g/mol. The van der Waals surface area contributed by atoms with Crippen molar-refractivity contribution in [3.8, 4) is 0 Å². The highest BCUT2D eigenvalue weighted by Crippen LogP contribution is 2.24. The molecule has 0 radical (unpaired) electrons. The van der Waals surface area contributed by atoms with E-state index in [1.54, 1.807) is 0 Å². The lowest BCUT2D eigenvalue weighted by atomic mass is 10.1. The van der Waals surface area contributed by atoms with Gasteiger partial charge in [0, 0.05) is 23.8 Å². The van der Waals surface area contributed by atoms with Gasteiger partial charge in [0.05, 0.1) is 0 Å². The highest BCUT2D eigenvalue weighted by molar-refractivity contribution is 5.41. The zero-order chi connectivity index (χ0) is 13.9. The summed E-state index contributed by atoms with van der Waals surface area (Å²) in [6.07, 6.45) is 4.78. The van der Waals surface area contributed by atoms with Crippen LogP contribution in [0.15, 0.2) is 12.1 Å². The second kappa shape index (κ2) is 5.91. The van der Waals surface area contributed by atoms with Gasteiger partial charge in [-0.2, -0.15) is 0 Å². The first kappa shape index (κ1) is 14.3. The van der Waals surface area contributed by atoms with Gasteiger partial charge in [-0.05, 0) is 57.7 Å². The molecule has 1 aliphatic carbocycles. The van der Waals surface area contributed by atoms with Crippen LogP contribution in [0, 0.1) is 0 Å². The van der Waals surface area contributed by atoms with Gasteiger partial charge in [0.15, 0.2) is 0 Å². The van der Waals surface area contributed by atoms with Crippen molar-refractivity contribution in [2.45, 2.75) is 71.5 Å². The molecule has 0 saturated heterocycles. The highest BCUT2D eigenvalue weighted by atomic mass is 15.0. The molecular weight excluding hydrogens is 234 g/mol. The predicted molar refractivity (Wildman–Crippen MR) is 81.5 cm³/mol. The number of nitrogens with zero attached hydrogens (tertiary/aromatic N) is 1. The summed E-state index contributed by atoms with van der Waals surface area (Å²) in [5.41, 5.74) is 2.69. The molecule has 1 fully saturated rings. The lowest BCUT2D eigenvalue weighted by Crippen LogP contribution is -2.35. The van der Waals surface area contributed by atoms with Crippen LogP contribution in [-0.2, 0) is 13.0 Å². The van der Waals surface area contributed by atoms with Crippen molar-refractivity contribution in [1.82, 2.24) is 10.3 Å². The Bertz CT molecular complexity index is 416. The van der Waals surface area contributed by atoms with E-state index < -0.39 is 0 Å². The van der Waals surface area contributed by atoms with Crippen LogP contribution < -0.4 is 10.6 Å². The first-order valence-corrected chi connectivity index (χ1v) is 7.47. The Hall–Kier alpha value is -1.09. The maximum absolute atomic E-state index is 4.71. The fraction of sp³-hybridized carbons (Fsp3) is 0.688. The van der Waals surface area contributed by atoms with Gasteiger partial charge in [0.25, 0.3) is 0 Å². The molecule has 0 unspecified atom stereocenters. The number of rotatable bonds is 6. The third-order valence-corrected chi connectivity index (χ3v) is 3.20. The van der Waals surface area contributed by atoms with Crippen LogP contribution in [-0.4, -0.2) is 16.6 Å². The minimum Gasteiger partial charge on any atom is -0.367 e. The van der Waals surface area contributed by atoms with Crippen LogP contribution in [0.25, 0.3) is 0 Å². The smallest absolute Gasteiger partial charge is 0.126 e. The van der Waals surface area contributed by atoms with Gasteiger partial charge in [-0.15, -0.1) is 0 Å². The van der Waals surface area contributed by atoms with Crippen molar-refractivity contribution in [3.63, 3.8) is 0 Å². The molecule has 3 heteroatoms. The van der Waals surface area contributed by atoms with Crippen LogP contribution >= 0.6 is 0 Å². The van der Waals surface area contributed by atoms with Gasteiger partial charge in [-0.25, -0.2) is 4.98 Å². The summed E-state index contributed by atoms with van der Waals surface area (Å²) < 4.78 is 0. The largest absolute Gasteiger partial charge is 0.367 e. The van der Waals surface area contributed by atoms with E-state index in [2.05, 4.69) is 50.5 Å². The standard InChI is InChI=1S/C16H27N3/c1-5-6-14-9-12(11-17-16(2,3)4)10-15(19-14)18-13-7-8-13/h9-10,13,17H,5-8,11H2,1-4H3,(H,18,19). The van der Waals surface area contributed by atoms with Gasteiger partial charge in [0.2, 0.25) is 0 Å². The van der Waals surface area contributed by atoms with Crippen molar-refractivity contribution in [2.75, 3.05) is 5.32 Å². The summed E-state index contributed by atoms with van der Waals surface area (Å²) in [6, 6.07) is 5.09. The van der Waals surface area contributed by atoms with E-state index in [-0.39, 0.29) is 5.54 Å². The molecular formula is C16H27N3. The van der Waals surface area contributed by atoms with Crippen LogP contribution in [0.3, 0.4) is 0 Å². The molecule has 3 nitrogen and oxygen atoms in total. The van der Waals surface area contributed by atoms with Crippen LogP contribution in [0.1, 0.15) is 58.2 Å². The summed E-state index contributed by atoms with van der Waals surface area (Å²) in [6.45, 7) is 9.71. The van der Waals surface area contributed by atoms with Gasteiger partial charge in [-0.1, -0.05) is 13.3 Å². The molecule has 19 heavy (non-hydrogen) atoms. The number of aryl methyl sites for hydroxylation is 1. The number of aromatic nitrogens is 1. The Morgan fingerprint density at radius 1 is 1.26 bits per heavy atom. The van der Waals surface area contributed by atoms with E-state index in [1.807, 2.05) is 0 Å². The number of nitrogens with one attached hydrogen (secondary N) is 2. The third kappa shape index (κ3) is 5.19. The van der Waals surface area contributed by atoms with Gasteiger partial charge in [0.1, 0.15) is 5.82 Å².